The quantitative estimate of drug-likeness (QED) is 0.507. The van der Waals surface area contributed by atoms with Crippen molar-refractivity contribution in [2.24, 2.45) is 11.8 Å². The molecule has 7 nitrogen and oxygen atoms in total. The van der Waals surface area contributed by atoms with Crippen LogP contribution in [0.3, 0.4) is 0 Å². The number of benzene rings is 2. The third-order valence-electron chi connectivity index (χ3n) is 9.52. The van der Waals surface area contributed by atoms with Gasteiger partial charge in [-0.1, -0.05) is 85.0 Å². The zero-order chi connectivity index (χ0) is 30.6. The lowest BCUT2D eigenvalue weighted by molar-refractivity contribution is -0.149. The Morgan fingerprint density at radius 1 is 0.860 bits per heavy atom. The van der Waals surface area contributed by atoms with E-state index in [1.165, 1.54) is 0 Å². The second-order valence-corrected chi connectivity index (χ2v) is 15.2. The number of thioether (sulfide) groups is 1. The van der Waals surface area contributed by atoms with Gasteiger partial charge < -0.3 is 19.8 Å². The Hall–Kier alpha value is -3.36. The molecule has 1 N–H and O–H groups in total. The molecule has 3 amide bonds. The van der Waals surface area contributed by atoms with Gasteiger partial charge in [0.25, 0.3) is 0 Å². The second-order valence-electron chi connectivity index (χ2n) is 13.4. The monoisotopic (exact) mass is 599 g/mol. The van der Waals surface area contributed by atoms with Gasteiger partial charge >= 0.3 is 0 Å². The number of carbonyl (C=O) groups is 3. The minimum Gasteiger partial charge on any atom is -0.394 e. The molecule has 4 heterocycles. The number of rotatable bonds is 6. The third kappa shape index (κ3) is 4.92. The summed E-state index contributed by atoms with van der Waals surface area (Å²) in [4.78, 5) is 49.4. The van der Waals surface area contributed by atoms with Crippen LogP contribution in [0, 0.1) is 11.8 Å². The molecule has 8 heteroatoms. The van der Waals surface area contributed by atoms with Crippen molar-refractivity contribution in [3.63, 3.8) is 0 Å². The fraction of sp³-hybridized carbons (Fsp3) is 0.457. The van der Waals surface area contributed by atoms with Crippen molar-refractivity contribution < 1.29 is 19.5 Å². The Balaban J connectivity index is 1.46. The minimum absolute atomic E-state index is 0.0685. The van der Waals surface area contributed by atoms with Crippen LogP contribution in [-0.2, 0) is 27.3 Å². The van der Waals surface area contributed by atoms with E-state index in [9.17, 15) is 19.5 Å². The van der Waals surface area contributed by atoms with Crippen LogP contribution in [0.4, 0.5) is 0 Å². The number of nitrogens with zero attached hydrogens (tertiary/aromatic N) is 3. The summed E-state index contributed by atoms with van der Waals surface area (Å²) in [7, 11) is 0. The van der Waals surface area contributed by atoms with E-state index >= 15 is 0 Å². The molecule has 2 aromatic rings. The van der Waals surface area contributed by atoms with Gasteiger partial charge in [-0.2, -0.15) is 0 Å². The molecule has 6 atom stereocenters. The molecule has 2 aromatic carbocycles. The first-order valence-corrected chi connectivity index (χ1v) is 16.0. The van der Waals surface area contributed by atoms with Gasteiger partial charge in [-0.3, -0.25) is 14.4 Å². The third-order valence-corrected chi connectivity index (χ3v) is 11.3. The van der Waals surface area contributed by atoms with E-state index in [2.05, 4.69) is 6.08 Å². The van der Waals surface area contributed by atoms with Gasteiger partial charge in [-0.15, -0.1) is 11.8 Å². The average molecular weight is 600 g/mol. The molecule has 4 aliphatic rings. The topological polar surface area (TPSA) is 81.2 Å². The summed E-state index contributed by atoms with van der Waals surface area (Å²) >= 11 is 1.58. The first-order valence-electron chi connectivity index (χ1n) is 15.2. The van der Waals surface area contributed by atoms with E-state index in [-0.39, 0.29) is 24.3 Å². The number of carbonyl (C=O) groups excluding carboxylic acids is 3. The lowest BCUT2D eigenvalue weighted by Crippen LogP contribution is -2.60. The van der Waals surface area contributed by atoms with Crippen molar-refractivity contribution in [3.8, 4) is 0 Å². The number of aliphatic hydroxyl groups excluding tert-OH is 1. The lowest BCUT2D eigenvalue weighted by Gasteiger charge is -2.42. The zero-order valence-corrected chi connectivity index (χ0v) is 26.2. The van der Waals surface area contributed by atoms with E-state index in [1.807, 2.05) is 116 Å². The van der Waals surface area contributed by atoms with Crippen LogP contribution >= 0.6 is 11.8 Å². The van der Waals surface area contributed by atoms with Crippen molar-refractivity contribution in [1.29, 1.82) is 0 Å². The Kier molecular flexibility index (Phi) is 7.58. The van der Waals surface area contributed by atoms with Crippen molar-refractivity contribution in [2.45, 2.75) is 67.8 Å². The number of hydrogen-bond acceptors (Lipinski definition) is 5. The van der Waals surface area contributed by atoms with Crippen molar-refractivity contribution in [3.05, 3.63) is 96.1 Å². The summed E-state index contributed by atoms with van der Waals surface area (Å²) in [6.07, 6.45) is 8.60. The summed E-state index contributed by atoms with van der Waals surface area (Å²) < 4.78 is -1.63. The second kappa shape index (κ2) is 11.0. The zero-order valence-electron chi connectivity index (χ0n) is 25.3. The highest BCUT2D eigenvalue weighted by molar-refractivity contribution is 8.02. The fourth-order valence-corrected chi connectivity index (χ4v) is 9.74. The van der Waals surface area contributed by atoms with Crippen LogP contribution in [0.1, 0.15) is 38.8 Å². The highest BCUT2D eigenvalue weighted by atomic mass is 32.2. The van der Waals surface area contributed by atoms with E-state index in [0.29, 0.717) is 26.1 Å². The van der Waals surface area contributed by atoms with Crippen LogP contribution in [0.25, 0.3) is 0 Å². The van der Waals surface area contributed by atoms with Crippen LogP contribution < -0.4 is 0 Å². The largest absolute Gasteiger partial charge is 0.394 e. The van der Waals surface area contributed by atoms with Gasteiger partial charge in [-0.05, 0) is 45.2 Å². The summed E-state index contributed by atoms with van der Waals surface area (Å²) in [6, 6.07) is 18.2. The van der Waals surface area contributed by atoms with Gasteiger partial charge in [0.2, 0.25) is 17.7 Å². The van der Waals surface area contributed by atoms with E-state index < -0.39 is 39.0 Å². The molecule has 0 radical (unpaired) electrons. The van der Waals surface area contributed by atoms with Gasteiger partial charge in [0.15, 0.2) is 0 Å². The normalized spacial score (nSPS) is 31.0. The number of amides is 3. The number of aliphatic hydroxyl groups is 1. The first kappa shape index (κ1) is 29.7. The molecule has 0 saturated carbocycles. The molecule has 2 saturated heterocycles. The van der Waals surface area contributed by atoms with E-state index in [4.69, 9.17) is 0 Å². The smallest absolute Gasteiger partial charge is 0.247 e. The van der Waals surface area contributed by atoms with Gasteiger partial charge in [0.1, 0.15) is 6.04 Å². The fourth-order valence-electron chi connectivity index (χ4n) is 7.59. The first-order chi connectivity index (χ1) is 20.5. The molecule has 0 aliphatic carbocycles. The van der Waals surface area contributed by atoms with Gasteiger partial charge in [0, 0.05) is 29.9 Å². The van der Waals surface area contributed by atoms with Crippen LogP contribution in [0.5, 0.6) is 0 Å². The minimum atomic E-state index is -0.951. The molecular weight excluding hydrogens is 558 g/mol. The summed E-state index contributed by atoms with van der Waals surface area (Å²) in [5.41, 5.74) is 1.52. The molecule has 1 unspecified atom stereocenters. The predicted octanol–water partition coefficient (Wildman–Crippen LogP) is 4.07. The van der Waals surface area contributed by atoms with Crippen LogP contribution in [-0.4, -0.2) is 84.3 Å². The SMILES string of the molecule is CC(C)(C)N1CC=C[C@]23S[C@]4(C)C=CCN(Cc5ccccc5)C(=O)[C@@H]4[C@H]2C(=O)N([C@@H](CO)Cc2ccccc2)C3C1=O. The highest BCUT2D eigenvalue weighted by Crippen LogP contribution is 2.66. The number of hydrogen-bond donors (Lipinski definition) is 1. The maximum atomic E-state index is 14.9. The van der Waals surface area contributed by atoms with Crippen molar-refractivity contribution in [2.75, 3.05) is 19.7 Å². The van der Waals surface area contributed by atoms with Crippen LogP contribution in [0.15, 0.2) is 85.0 Å². The van der Waals surface area contributed by atoms with Crippen molar-refractivity contribution >= 4 is 29.5 Å². The molecule has 226 valence electrons. The molecule has 2 fully saturated rings. The Morgan fingerprint density at radius 2 is 1.49 bits per heavy atom. The Labute approximate surface area is 258 Å². The van der Waals surface area contributed by atoms with Gasteiger partial charge in [0.05, 0.1) is 29.2 Å². The standard InChI is InChI=1S/C35H41N3O4S/c1-33(2,3)37-20-12-18-35-28(31(41)38(29(35)32(37)42)26(23-39)21-24-13-7-5-8-14-24)27-30(40)36(19-11-17-34(27,4)43-35)22-25-15-9-6-10-16-25/h5-18,26-29,39H,19-23H2,1-4H3/t26-,27+,28+,29?,34-,35+/m1/s1. The number of likely N-dealkylation sites (tertiary alicyclic amines) is 1. The van der Waals surface area contributed by atoms with Crippen molar-refractivity contribution in [1.82, 2.24) is 14.7 Å². The maximum absolute atomic E-state index is 14.9. The summed E-state index contributed by atoms with van der Waals surface area (Å²) in [5, 5.41) is 10.8. The lowest BCUT2D eigenvalue weighted by atomic mass is 9.74. The highest BCUT2D eigenvalue weighted by Gasteiger charge is 2.74. The predicted molar refractivity (Wildman–Crippen MR) is 169 cm³/mol. The maximum Gasteiger partial charge on any atom is 0.247 e. The number of fused-ring (bicyclic) bond motifs is 2. The van der Waals surface area contributed by atoms with Crippen LogP contribution in [0.2, 0.25) is 0 Å². The molecule has 1 spiro atoms. The molecule has 43 heavy (non-hydrogen) atoms. The summed E-state index contributed by atoms with van der Waals surface area (Å²) in [5.74, 6) is -1.83. The molecule has 6 rings (SSSR count). The Morgan fingerprint density at radius 3 is 2.12 bits per heavy atom. The molecule has 4 aliphatic heterocycles. The molecular formula is C35H41N3O4S. The summed E-state index contributed by atoms with van der Waals surface area (Å²) in [6.45, 7) is 9.10. The Bertz CT molecular complexity index is 1450. The average Bonchev–Trinajstić information content (AvgIpc) is 3.25. The van der Waals surface area contributed by atoms with E-state index in [0.717, 1.165) is 11.1 Å². The van der Waals surface area contributed by atoms with Gasteiger partial charge in [-0.25, -0.2) is 0 Å². The molecule has 0 bridgehead atoms. The van der Waals surface area contributed by atoms with E-state index in [1.54, 1.807) is 16.7 Å². The molecule has 0 aromatic heterocycles.